The summed E-state index contributed by atoms with van der Waals surface area (Å²) in [7, 11) is 0. The molecule has 0 heterocycles. The van der Waals surface area contributed by atoms with E-state index in [1.54, 1.807) is 0 Å². The average Bonchev–Trinajstić information content (AvgIpc) is 2.70. The summed E-state index contributed by atoms with van der Waals surface area (Å²) in [6.07, 6.45) is -1.13. The molecular formula is C17H22I3N3O7. The first-order valence-corrected chi connectivity index (χ1v) is 11.9. The molecule has 0 spiro atoms. The quantitative estimate of drug-likeness (QED) is 0.176. The molecule has 0 aliphatic heterocycles. The minimum Gasteiger partial charge on any atom is -0.395 e. The van der Waals surface area contributed by atoms with Crippen LogP contribution < -0.4 is 15.5 Å². The minimum absolute atomic E-state index is 0.0929. The van der Waals surface area contributed by atoms with Crippen molar-refractivity contribution in [2.45, 2.75) is 19.6 Å². The molecule has 1 aromatic rings. The number of aliphatic hydroxyl groups excluding tert-OH is 4. The van der Waals surface area contributed by atoms with Gasteiger partial charge in [-0.1, -0.05) is 0 Å². The van der Waals surface area contributed by atoms with Crippen molar-refractivity contribution < 1.29 is 34.8 Å². The third-order valence-corrected chi connectivity index (χ3v) is 7.27. The third kappa shape index (κ3) is 7.09. The summed E-state index contributed by atoms with van der Waals surface area (Å²) >= 11 is 5.88. The molecule has 0 fully saturated rings. The molecule has 1 unspecified atom stereocenters. The largest absolute Gasteiger partial charge is 0.395 e. The highest BCUT2D eigenvalue weighted by molar-refractivity contribution is 14.1. The molecule has 1 rings (SSSR count). The number of nitrogens with zero attached hydrogens (tertiary/aromatic N) is 1. The molecule has 10 nitrogen and oxygen atoms in total. The van der Waals surface area contributed by atoms with Crippen LogP contribution in [0.4, 0.5) is 5.69 Å². The van der Waals surface area contributed by atoms with Gasteiger partial charge in [0.1, 0.15) is 6.61 Å². The molecule has 1 atom stereocenters. The second-order valence-electron chi connectivity index (χ2n) is 6.03. The normalized spacial score (nSPS) is 11.7. The predicted octanol–water partition coefficient (Wildman–Crippen LogP) is -0.463. The zero-order chi connectivity index (χ0) is 23.0. The van der Waals surface area contributed by atoms with E-state index in [0.29, 0.717) is 22.0 Å². The number of hydrogen-bond donors (Lipinski definition) is 6. The minimum atomic E-state index is -1.13. The number of amides is 3. The molecule has 168 valence electrons. The van der Waals surface area contributed by atoms with Crippen molar-refractivity contribution in [1.29, 1.82) is 0 Å². The Bertz CT molecular complexity index is 808. The topological polar surface area (TPSA) is 159 Å². The van der Waals surface area contributed by atoms with Crippen molar-refractivity contribution in [2.24, 2.45) is 0 Å². The molecule has 1 aromatic carbocycles. The van der Waals surface area contributed by atoms with Gasteiger partial charge in [0.2, 0.25) is 5.91 Å². The van der Waals surface area contributed by atoms with Gasteiger partial charge in [0.15, 0.2) is 0 Å². The Morgan fingerprint density at radius 3 is 2.17 bits per heavy atom. The van der Waals surface area contributed by atoms with Crippen molar-refractivity contribution in [3.8, 4) is 0 Å². The zero-order valence-corrected chi connectivity index (χ0v) is 22.4. The van der Waals surface area contributed by atoms with Crippen molar-refractivity contribution >= 4 is 91.2 Å². The second kappa shape index (κ2) is 13.3. The number of hydrogen-bond acceptors (Lipinski definition) is 7. The van der Waals surface area contributed by atoms with E-state index < -0.39 is 31.1 Å². The lowest BCUT2D eigenvalue weighted by molar-refractivity contribution is -0.121. The van der Waals surface area contributed by atoms with Gasteiger partial charge in [-0.3, -0.25) is 14.4 Å². The molecule has 3 amide bonds. The maximum absolute atomic E-state index is 12.9. The number of nitrogens with one attached hydrogen (secondary N) is 2. The summed E-state index contributed by atoms with van der Waals surface area (Å²) in [4.78, 5) is 37.8. The summed E-state index contributed by atoms with van der Waals surface area (Å²) in [5.41, 5.74) is 1.13. The van der Waals surface area contributed by atoms with Crippen molar-refractivity contribution in [1.82, 2.24) is 10.6 Å². The van der Waals surface area contributed by atoms with Crippen LogP contribution in [0.3, 0.4) is 0 Å². The fourth-order valence-corrected chi connectivity index (χ4v) is 7.04. The molecule has 0 saturated heterocycles. The SMILES string of the molecule is CC(=O)NCc1c(I)c(C(=O)NCC(O)CO)c(I)c(N(CCO)C(=O)CO)c1I. The van der Waals surface area contributed by atoms with E-state index in [4.69, 9.17) is 5.11 Å². The van der Waals surface area contributed by atoms with Crippen LogP contribution in [0.1, 0.15) is 22.8 Å². The number of halogens is 3. The molecule has 0 aliphatic carbocycles. The average molecular weight is 761 g/mol. The van der Waals surface area contributed by atoms with E-state index in [-0.39, 0.29) is 37.7 Å². The molecule has 13 heteroatoms. The molecule has 0 radical (unpaired) electrons. The van der Waals surface area contributed by atoms with E-state index in [1.165, 1.54) is 11.8 Å². The number of carbonyl (C=O) groups excluding carboxylic acids is 3. The van der Waals surface area contributed by atoms with E-state index in [1.807, 2.05) is 67.8 Å². The van der Waals surface area contributed by atoms with Gasteiger partial charge in [0.25, 0.3) is 11.8 Å². The summed E-state index contributed by atoms with van der Waals surface area (Å²) < 4.78 is 1.52. The number of anilines is 1. The van der Waals surface area contributed by atoms with E-state index in [9.17, 15) is 29.7 Å². The number of benzene rings is 1. The fourth-order valence-electron chi connectivity index (χ4n) is 2.42. The molecule has 0 aliphatic rings. The van der Waals surface area contributed by atoms with E-state index >= 15 is 0 Å². The Hall–Kier alpha value is -0.340. The first-order chi connectivity index (χ1) is 14.1. The zero-order valence-electron chi connectivity index (χ0n) is 15.9. The van der Waals surface area contributed by atoms with Crippen LogP contribution in [0, 0.1) is 10.7 Å². The lowest BCUT2D eigenvalue weighted by Gasteiger charge is -2.27. The Morgan fingerprint density at radius 1 is 1.03 bits per heavy atom. The first-order valence-electron chi connectivity index (χ1n) is 8.63. The van der Waals surface area contributed by atoms with Crippen LogP contribution in [-0.4, -0.2) is 77.2 Å². The monoisotopic (exact) mass is 761 g/mol. The van der Waals surface area contributed by atoms with Gasteiger partial charge in [0.05, 0.1) is 34.1 Å². The highest BCUT2D eigenvalue weighted by atomic mass is 127. The van der Waals surface area contributed by atoms with Crippen LogP contribution in [0.15, 0.2) is 0 Å². The second-order valence-corrected chi connectivity index (χ2v) is 9.26. The Labute approximate surface area is 214 Å². The van der Waals surface area contributed by atoms with E-state index in [2.05, 4.69) is 10.6 Å². The first kappa shape index (κ1) is 27.7. The van der Waals surface area contributed by atoms with Gasteiger partial charge in [0, 0.05) is 39.3 Å². The standard InChI is InChI=1S/C17H22I3N3O7/c1-8(27)21-5-10-13(18)12(17(30)22-4-9(28)6-25)15(20)16(14(10)19)23(2-3-24)11(29)7-26/h9,24-26,28H,2-7H2,1H3,(H,21,27)(H,22,30). The lowest BCUT2D eigenvalue weighted by Crippen LogP contribution is -2.39. The number of carbonyl (C=O) groups is 3. The Balaban J connectivity index is 3.66. The molecular weight excluding hydrogens is 739 g/mol. The van der Waals surface area contributed by atoms with E-state index in [0.717, 1.165) is 0 Å². The van der Waals surface area contributed by atoms with Crippen molar-refractivity contribution in [3.63, 3.8) is 0 Å². The van der Waals surface area contributed by atoms with Crippen LogP contribution in [-0.2, 0) is 16.1 Å². The highest BCUT2D eigenvalue weighted by Crippen LogP contribution is 2.38. The predicted molar refractivity (Wildman–Crippen MR) is 134 cm³/mol. The summed E-state index contributed by atoms with van der Waals surface area (Å²) in [6, 6.07) is 0. The summed E-state index contributed by atoms with van der Waals surface area (Å²) in [5.74, 6) is -1.48. The summed E-state index contributed by atoms with van der Waals surface area (Å²) in [5, 5.41) is 42.5. The highest BCUT2D eigenvalue weighted by Gasteiger charge is 2.29. The molecule has 0 saturated carbocycles. The van der Waals surface area contributed by atoms with Crippen LogP contribution in [0.5, 0.6) is 0 Å². The van der Waals surface area contributed by atoms with Gasteiger partial charge in [-0.05, 0) is 67.8 Å². The fraction of sp³-hybridized carbons (Fsp3) is 0.471. The molecule has 6 N–H and O–H groups in total. The maximum atomic E-state index is 12.9. The van der Waals surface area contributed by atoms with Crippen molar-refractivity contribution in [2.75, 3.05) is 37.8 Å². The van der Waals surface area contributed by atoms with Gasteiger partial charge in [-0.25, -0.2) is 0 Å². The van der Waals surface area contributed by atoms with Gasteiger partial charge in [-0.15, -0.1) is 0 Å². The maximum Gasteiger partial charge on any atom is 0.253 e. The van der Waals surface area contributed by atoms with Crippen LogP contribution in [0.25, 0.3) is 0 Å². The number of aliphatic hydroxyl groups is 4. The Kier molecular flexibility index (Phi) is 12.2. The van der Waals surface area contributed by atoms with Gasteiger partial charge in [-0.2, -0.15) is 0 Å². The summed E-state index contributed by atoms with van der Waals surface area (Å²) in [6.45, 7) is -0.510. The van der Waals surface area contributed by atoms with Gasteiger partial charge < -0.3 is 36.0 Å². The molecule has 30 heavy (non-hydrogen) atoms. The third-order valence-electron chi connectivity index (χ3n) is 3.86. The van der Waals surface area contributed by atoms with Gasteiger partial charge >= 0.3 is 0 Å². The molecule has 0 aromatic heterocycles. The van der Waals surface area contributed by atoms with Crippen molar-refractivity contribution in [3.05, 3.63) is 21.8 Å². The lowest BCUT2D eigenvalue weighted by atomic mass is 10.1. The number of rotatable bonds is 10. The Morgan fingerprint density at radius 2 is 1.67 bits per heavy atom. The molecule has 0 bridgehead atoms. The smallest absolute Gasteiger partial charge is 0.253 e. The van der Waals surface area contributed by atoms with Crippen LogP contribution in [0.2, 0.25) is 0 Å². The van der Waals surface area contributed by atoms with Crippen LogP contribution >= 0.6 is 67.8 Å².